The van der Waals surface area contributed by atoms with Gasteiger partial charge < -0.3 is 15.2 Å². The van der Waals surface area contributed by atoms with Gasteiger partial charge in [0.15, 0.2) is 0 Å². The molecule has 0 amide bonds. The number of aromatic nitrogens is 2. The average molecular weight is 213 g/mol. The smallest absolute Gasteiger partial charge is 0.145 e. The monoisotopic (exact) mass is 213 g/mol. The van der Waals surface area contributed by atoms with Crippen LogP contribution in [0.2, 0.25) is 0 Å². The maximum atomic E-state index is 5.57. The second-order valence-electron chi connectivity index (χ2n) is 3.39. The summed E-state index contributed by atoms with van der Waals surface area (Å²) < 4.78 is 12.1. The normalized spacial score (nSPS) is 10.8. The van der Waals surface area contributed by atoms with Crippen molar-refractivity contribution in [1.29, 1.82) is 0 Å². The van der Waals surface area contributed by atoms with Gasteiger partial charge >= 0.3 is 0 Å². The Kier molecular flexibility index (Phi) is 5.14. The highest BCUT2D eigenvalue weighted by Gasteiger charge is 2.00. The third-order valence-corrected chi connectivity index (χ3v) is 2.09. The quantitative estimate of drug-likeness (QED) is 0.681. The molecule has 5 nitrogen and oxygen atoms in total. The number of hydrogen-bond donors (Lipinski definition) is 1. The number of nitrogens with zero attached hydrogens (tertiary/aromatic N) is 2. The molecule has 1 heterocycles. The van der Waals surface area contributed by atoms with Crippen molar-refractivity contribution >= 4 is 5.82 Å². The van der Waals surface area contributed by atoms with Gasteiger partial charge in [0.05, 0.1) is 13.2 Å². The lowest BCUT2D eigenvalue weighted by Crippen LogP contribution is -2.08. The molecule has 0 aliphatic carbocycles. The van der Waals surface area contributed by atoms with Gasteiger partial charge in [-0.1, -0.05) is 0 Å². The Hall–Kier alpha value is -1.07. The van der Waals surface area contributed by atoms with Gasteiger partial charge in [0.25, 0.3) is 0 Å². The molecule has 0 spiro atoms. The van der Waals surface area contributed by atoms with E-state index in [1.165, 1.54) is 0 Å². The molecule has 0 atom stereocenters. The molecule has 0 saturated heterocycles. The van der Waals surface area contributed by atoms with Gasteiger partial charge in [0.2, 0.25) is 0 Å². The molecule has 15 heavy (non-hydrogen) atoms. The molecular formula is C10H19N3O2. The highest BCUT2D eigenvalue weighted by molar-refractivity contribution is 5.28. The molecule has 0 unspecified atom stereocenters. The van der Waals surface area contributed by atoms with Crippen LogP contribution in [0.5, 0.6) is 0 Å². The molecule has 2 N–H and O–H groups in total. The number of ether oxygens (including phenoxy) is 2. The summed E-state index contributed by atoms with van der Waals surface area (Å²) in [6.07, 6.45) is 0.936. The van der Waals surface area contributed by atoms with Crippen LogP contribution in [0.15, 0.2) is 6.07 Å². The molecule has 1 aromatic rings. The SMILES string of the molecule is COCCOCCCn1nc(N)cc1C. The fourth-order valence-corrected chi connectivity index (χ4v) is 1.32. The summed E-state index contributed by atoms with van der Waals surface area (Å²) in [6.45, 7) is 4.86. The molecule has 0 aromatic carbocycles. The van der Waals surface area contributed by atoms with Crippen LogP contribution in [0.1, 0.15) is 12.1 Å². The highest BCUT2D eigenvalue weighted by Crippen LogP contribution is 2.04. The van der Waals surface area contributed by atoms with E-state index < -0.39 is 0 Å². The Balaban J connectivity index is 2.12. The molecule has 1 aromatic heterocycles. The van der Waals surface area contributed by atoms with Crippen LogP contribution in [-0.2, 0) is 16.0 Å². The van der Waals surface area contributed by atoms with Gasteiger partial charge in [0.1, 0.15) is 5.82 Å². The Morgan fingerprint density at radius 2 is 2.20 bits per heavy atom. The third-order valence-electron chi connectivity index (χ3n) is 2.09. The lowest BCUT2D eigenvalue weighted by molar-refractivity contribution is 0.0676. The van der Waals surface area contributed by atoms with Crippen molar-refractivity contribution in [3.8, 4) is 0 Å². The fraction of sp³-hybridized carbons (Fsp3) is 0.700. The molecule has 0 aliphatic heterocycles. The van der Waals surface area contributed by atoms with E-state index in [-0.39, 0.29) is 0 Å². The van der Waals surface area contributed by atoms with Crippen LogP contribution in [0.4, 0.5) is 5.82 Å². The van der Waals surface area contributed by atoms with Gasteiger partial charge in [-0.3, -0.25) is 4.68 Å². The van der Waals surface area contributed by atoms with Crippen molar-refractivity contribution in [2.45, 2.75) is 19.9 Å². The lowest BCUT2D eigenvalue weighted by Gasteiger charge is -2.05. The summed E-state index contributed by atoms with van der Waals surface area (Å²) >= 11 is 0. The number of anilines is 1. The first-order valence-electron chi connectivity index (χ1n) is 5.10. The number of methoxy groups -OCH3 is 1. The number of nitrogens with two attached hydrogens (primary N) is 1. The van der Waals surface area contributed by atoms with Crippen molar-refractivity contribution in [3.63, 3.8) is 0 Å². The topological polar surface area (TPSA) is 62.3 Å². The second-order valence-corrected chi connectivity index (χ2v) is 3.39. The van der Waals surface area contributed by atoms with Crippen molar-refractivity contribution in [1.82, 2.24) is 9.78 Å². The molecule has 1 rings (SSSR count). The summed E-state index contributed by atoms with van der Waals surface area (Å²) in [5, 5.41) is 4.16. The fourth-order valence-electron chi connectivity index (χ4n) is 1.32. The van der Waals surface area contributed by atoms with Gasteiger partial charge in [-0.25, -0.2) is 0 Å². The van der Waals surface area contributed by atoms with Crippen LogP contribution in [0.25, 0.3) is 0 Å². The minimum atomic E-state index is 0.577. The molecular weight excluding hydrogens is 194 g/mol. The zero-order valence-corrected chi connectivity index (χ0v) is 9.40. The maximum Gasteiger partial charge on any atom is 0.145 e. The minimum Gasteiger partial charge on any atom is -0.382 e. The van der Waals surface area contributed by atoms with Crippen LogP contribution >= 0.6 is 0 Å². The Morgan fingerprint density at radius 3 is 2.80 bits per heavy atom. The first kappa shape index (κ1) is 12.0. The maximum absolute atomic E-state index is 5.57. The Morgan fingerprint density at radius 1 is 1.40 bits per heavy atom. The van der Waals surface area contributed by atoms with E-state index in [2.05, 4.69) is 5.10 Å². The van der Waals surface area contributed by atoms with E-state index in [1.54, 1.807) is 7.11 Å². The largest absolute Gasteiger partial charge is 0.382 e. The summed E-state index contributed by atoms with van der Waals surface area (Å²) in [6, 6.07) is 1.87. The van der Waals surface area contributed by atoms with Crippen LogP contribution in [0.3, 0.4) is 0 Å². The van der Waals surface area contributed by atoms with Crippen molar-refractivity contribution in [2.24, 2.45) is 0 Å². The molecule has 5 heteroatoms. The lowest BCUT2D eigenvalue weighted by atomic mass is 10.4. The van der Waals surface area contributed by atoms with Gasteiger partial charge in [0, 0.05) is 32.0 Å². The number of aryl methyl sites for hydroxylation is 2. The molecule has 0 radical (unpaired) electrons. The van der Waals surface area contributed by atoms with Crippen LogP contribution < -0.4 is 5.73 Å². The standard InChI is InChI=1S/C10H19N3O2/c1-9-8-10(11)12-13(9)4-3-5-15-7-6-14-2/h8H,3-7H2,1-2H3,(H2,11,12). The number of nitrogen functional groups attached to an aromatic ring is 1. The zero-order valence-electron chi connectivity index (χ0n) is 9.40. The summed E-state index contributed by atoms with van der Waals surface area (Å²) in [7, 11) is 1.67. The number of rotatable bonds is 7. The Bertz CT molecular complexity index is 286. The van der Waals surface area contributed by atoms with Crippen molar-refractivity contribution < 1.29 is 9.47 Å². The summed E-state index contributed by atoms with van der Waals surface area (Å²) in [4.78, 5) is 0. The Labute approximate surface area is 90.2 Å². The van der Waals surface area contributed by atoms with Crippen molar-refractivity contribution in [2.75, 3.05) is 32.7 Å². The van der Waals surface area contributed by atoms with Gasteiger partial charge in [-0.15, -0.1) is 0 Å². The van der Waals surface area contributed by atoms with Gasteiger partial charge in [-0.05, 0) is 13.3 Å². The van der Waals surface area contributed by atoms with E-state index in [0.717, 1.165) is 25.3 Å². The molecule has 0 aliphatic rings. The predicted molar refractivity (Wildman–Crippen MR) is 58.7 cm³/mol. The van der Waals surface area contributed by atoms with Crippen molar-refractivity contribution in [3.05, 3.63) is 11.8 Å². The second kappa shape index (κ2) is 6.42. The van der Waals surface area contributed by atoms with Gasteiger partial charge in [-0.2, -0.15) is 5.10 Å². The van der Waals surface area contributed by atoms with E-state index in [4.69, 9.17) is 15.2 Å². The first-order chi connectivity index (χ1) is 7.24. The van der Waals surface area contributed by atoms with E-state index >= 15 is 0 Å². The number of hydrogen-bond acceptors (Lipinski definition) is 4. The molecule has 0 fully saturated rings. The van der Waals surface area contributed by atoms with Crippen LogP contribution in [-0.4, -0.2) is 36.7 Å². The molecule has 0 saturated carbocycles. The average Bonchev–Trinajstić information content (AvgIpc) is 2.51. The predicted octanol–water partition coefficient (Wildman–Crippen LogP) is 0.827. The first-order valence-corrected chi connectivity index (χ1v) is 5.10. The van der Waals surface area contributed by atoms with E-state index in [9.17, 15) is 0 Å². The van der Waals surface area contributed by atoms with Crippen LogP contribution in [0, 0.1) is 6.92 Å². The van der Waals surface area contributed by atoms with E-state index in [0.29, 0.717) is 19.0 Å². The summed E-state index contributed by atoms with van der Waals surface area (Å²) in [5.74, 6) is 0.577. The molecule has 0 bridgehead atoms. The third kappa shape index (κ3) is 4.31. The molecule has 86 valence electrons. The summed E-state index contributed by atoms with van der Waals surface area (Å²) in [5.41, 5.74) is 6.66. The van der Waals surface area contributed by atoms with E-state index in [1.807, 2.05) is 17.7 Å². The highest BCUT2D eigenvalue weighted by atomic mass is 16.5. The zero-order chi connectivity index (χ0) is 11.1. The minimum absolute atomic E-state index is 0.577.